The number of fused-ring (bicyclic) bond motifs is 1. The molecule has 0 saturated carbocycles. The Morgan fingerprint density at radius 1 is 0.796 bits per heavy atom. The van der Waals surface area contributed by atoms with Gasteiger partial charge in [0, 0.05) is 22.9 Å². The van der Waals surface area contributed by atoms with Crippen molar-refractivity contribution in [1.82, 2.24) is 14.7 Å². The van der Waals surface area contributed by atoms with Crippen LogP contribution in [0.3, 0.4) is 0 Å². The van der Waals surface area contributed by atoms with Gasteiger partial charge >= 0.3 is 0 Å². The maximum Gasteiger partial charge on any atom is 0.271 e. The third-order valence-corrected chi connectivity index (χ3v) is 8.75. The SMILES string of the molecule is CC1=C(C#N)C(=O)N(Cc2ccc(C)cc2)C(=O)/C1=C/c1cn(-c2ccccc2)nc1-c1ccc(OCc2cccc3ccccc23)cc1. The van der Waals surface area contributed by atoms with Crippen LogP contribution in [0.4, 0.5) is 0 Å². The standard InChI is InChI=1S/C42H32N4O3/c1-28-15-17-30(18-16-28)25-45-41(47)38(29(2)39(24-43)42(45)48)23-34-26-46(35-12-4-3-5-13-35)44-40(34)32-19-21-36(22-20-32)49-27-33-11-8-10-31-9-6-7-14-37(31)33/h3-23,26H,25,27H2,1-2H3/b38-23+. The minimum atomic E-state index is -0.595. The number of aryl methyl sites for hydroxylation is 1. The Kier molecular flexibility index (Phi) is 8.44. The molecular formula is C42H32N4O3. The number of carbonyl (C=O) groups excluding carboxylic acids is 2. The summed E-state index contributed by atoms with van der Waals surface area (Å²) in [5.41, 5.74) is 6.49. The minimum absolute atomic E-state index is 0.0531. The average Bonchev–Trinajstić information content (AvgIpc) is 3.56. The summed E-state index contributed by atoms with van der Waals surface area (Å²) in [5.74, 6) is -0.344. The van der Waals surface area contributed by atoms with Gasteiger partial charge in [0.2, 0.25) is 0 Å². The number of amides is 2. The molecule has 6 aromatic rings. The Balaban J connectivity index is 1.24. The first-order valence-corrected chi connectivity index (χ1v) is 16.0. The van der Waals surface area contributed by atoms with Gasteiger partial charge in [-0.2, -0.15) is 10.4 Å². The van der Waals surface area contributed by atoms with Gasteiger partial charge in [-0.25, -0.2) is 4.68 Å². The van der Waals surface area contributed by atoms with Crippen LogP contribution in [0.15, 0.2) is 144 Å². The van der Waals surface area contributed by atoms with Crippen LogP contribution in [0.2, 0.25) is 0 Å². The van der Waals surface area contributed by atoms with Gasteiger partial charge in [0.25, 0.3) is 11.8 Å². The van der Waals surface area contributed by atoms with Crippen molar-refractivity contribution in [2.45, 2.75) is 27.0 Å². The number of hydrogen-bond acceptors (Lipinski definition) is 5. The topological polar surface area (TPSA) is 88.2 Å². The molecule has 2 amide bonds. The summed E-state index contributed by atoms with van der Waals surface area (Å²) in [6.07, 6.45) is 3.59. The summed E-state index contributed by atoms with van der Waals surface area (Å²) in [6.45, 7) is 4.10. The number of hydrogen-bond donors (Lipinski definition) is 0. The lowest BCUT2D eigenvalue weighted by Gasteiger charge is -2.27. The van der Waals surface area contributed by atoms with Crippen LogP contribution in [0.5, 0.6) is 5.75 Å². The van der Waals surface area contributed by atoms with E-state index in [1.165, 1.54) is 5.39 Å². The minimum Gasteiger partial charge on any atom is -0.489 e. The van der Waals surface area contributed by atoms with Gasteiger partial charge in [0.05, 0.1) is 17.9 Å². The molecule has 7 rings (SSSR count). The van der Waals surface area contributed by atoms with Gasteiger partial charge < -0.3 is 4.74 Å². The molecule has 49 heavy (non-hydrogen) atoms. The molecule has 238 valence electrons. The number of nitriles is 1. The van der Waals surface area contributed by atoms with Crippen LogP contribution in [0.1, 0.15) is 29.2 Å². The van der Waals surface area contributed by atoms with E-state index in [4.69, 9.17) is 9.84 Å². The van der Waals surface area contributed by atoms with E-state index in [1.807, 2.05) is 116 Å². The number of rotatable bonds is 8. The summed E-state index contributed by atoms with van der Waals surface area (Å²) < 4.78 is 7.95. The Bertz CT molecular complexity index is 2300. The lowest BCUT2D eigenvalue weighted by Crippen LogP contribution is -2.42. The second kappa shape index (κ2) is 13.3. The van der Waals surface area contributed by atoms with Gasteiger partial charge in [0.15, 0.2) is 0 Å². The molecule has 0 saturated heterocycles. The highest BCUT2D eigenvalue weighted by Crippen LogP contribution is 2.33. The Hall–Kier alpha value is -6.52. The lowest BCUT2D eigenvalue weighted by atomic mass is 9.93. The second-order valence-electron chi connectivity index (χ2n) is 12.0. The summed E-state index contributed by atoms with van der Waals surface area (Å²) in [7, 11) is 0. The van der Waals surface area contributed by atoms with E-state index >= 15 is 0 Å². The normalized spacial score (nSPS) is 14.1. The summed E-state index contributed by atoms with van der Waals surface area (Å²) in [6, 6.07) is 41.5. The number of benzene rings is 5. The van der Waals surface area contributed by atoms with Gasteiger partial charge in [-0.3, -0.25) is 14.5 Å². The molecule has 0 spiro atoms. The van der Waals surface area contributed by atoms with E-state index in [-0.39, 0.29) is 17.7 Å². The van der Waals surface area contributed by atoms with E-state index in [2.05, 4.69) is 24.3 Å². The van der Waals surface area contributed by atoms with Crippen molar-refractivity contribution in [2.24, 2.45) is 0 Å². The van der Waals surface area contributed by atoms with Gasteiger partial charge in [-0.1, -0.05) is 90.5 Å². The molecule has 5 aromatic carbocycles. The van der Waals surface area contributed by atoms with Crippen molar-refractivity contribution in [3.8, 4) is 28.8 Å². The molecule has 0 unspecified atom stereocenters. The molecule has 0 atom stereocenters. The Morgan fingerprint density at radius 2 is 1.51 bits per heavy atom. The number of ether oxygens (including phenoxy) is 1. The molecule has 0 fully saturated rings. The van der Waals surface area contributed by atoms with Crippen LogP contribution in [0.25, 0.3) is 33.8 Å². The van der Waals surface area contributed by atoms with E-state index in [1.54, 1.807) is 17.7 Å². The third kappa shape index (κ3) is 6.28. The Morgan fingerprint density at radius 3 is 2.27 bits per heavy atom. The second-order valence-corrected chi connectivity index (χ2v) is 12.0. The van der Waals surface area contributed by atoms with Crippen molar-refractivity contribution in [2.75, 3.05) is 0 Å². The molecule has 0 radical (unpaired) electrons. The maximum absolute atomic E-state index is 14.0. The smallest absolute Gasteiger partial charge is 0.271 e. The molecule has 7 nitrogen and oxygen atoms in total. The highest BCUT2D eigenvalue weighted by atomic mass is 16.5. The van der Waals surface area contributed by atoms with E-state index in [0.29, 0.717) is 29.2 Å². The van der Waals surface area contributed by atoms with Crippen molar-refractivity contribution in [3.63, 3.8) is 0 Å². The zero-order valence-electron chi connectivity index (χ0n) is 27.1. The van der Waals surface area contributed by atoms with Crippen molar-refractivity contribution in [3.05, 3.63) is 166 Å². The zero-order valence-corrected chi connectivity index (χ0v) is 27.1. The number of aromatic nitrogens is 2. The van der Waals surface area contributed by atoms with Crippen LogP contribution < -0.4 is 4.74 Å². The lowest BCUT2D eigenvalue weighted by molar-refractivity contribution is -0.141. The van der Waals surface area contributed by atoms with Crippen LogP contribution >= 0.6 is 0 Å². The molecule has 0 aliphatic carbocycles. The molecule has 7 heteroatoms. The number of imide groups is 1. The van der Waals surface area contributed by atoms with Crippen molar-refractivity contribution in [1.29, 1.82) is 5.26 Å². The average molecular weight is 641 g/mol. The van der Waals surface area contributed by atoms with Crippen molar-refractivity contribution < 1.29 is 14.3 Å². The molecular weight excluding hydrogens is 608 g/mol. The fourth-order valence-corrected chi connectivity index (χ4v) is 6.02. The highest BCUT2D eigenvalue weighted by Gasteiger charge is 2.35. The van der Waals surface area contributed by atoms with Crippen LogP contribution in [-0.2, 0) is 22.7 Å². The summed E-state index contributed by atoms with van der Waals surface area (Å²) >= 11 is 0. The first-order valence-electron chi connectivity index (χ1n) is 16.0. The maximum atomic E-state index is 14.0. The fourth-order valence-electron chi connectivity index (χ4n) is 6.02. The molecule has 1 aliphatic rings. The van der Waals surface area contributed by atoms with Gasteiger partial charge in [0.1, 0.15) is 24.0 Å². The molecule has 0 N–H and O–H groups in total. The highest BCUT2D eigenvalue weighted by molar-refractivity contribution is 6.19. The predicted octanol–water partition coefficient (Wildman–Crippen LogP) is 8.37. The van der Waals surface area contributed by atoms with Gasteiger partial charge in [-0.15, -0.1) is 0 Å². The van der Waals surface area contributed by atoms with E-state index in [9.17, 15) is 14.9 Å². The summed E-state index contributed by atoms with van der Waals surface area (Å²) in [5, 5.41) is 17.2. The molecule has 1 aromatic heterocycles. The first-order chi connectivity index (χ1) is 23.9. The van der Waals surface area contributed by atoms with E-state index in [0.717, 1.165) is 38.2 Å². The monoisotopic (exact) mass is 640 g/mol. The molecule has 1 aliphatic heterocycles. The Labute approximate surface area is 284 Å². The zero-order chi connectivity index (χ0) is 33.9. The molecule has 2 heterocycles. The third-order valence-electron chi connectivity index (χ3n) is 8.75. The fraction of sp³-hybridized carbons (Fsp3) is 0.0952. The largest absolute Gasteiger partial charge is 0.489 e. The van der Waals surface area contributed by atoms with Crippen LogP contribution in [0, 0.1) is 18.3 Å². The number of nitrogens with zero attached hydrogens (tertiary/aromatic N) is 4. The van der Waals surface area contributed by atoms with Crippen molar-refractivity contribution >= 4 is 28.7 Å². The predicted molar refractivity (Wildman–Crippen MR) is 190 cm³/mol. The number of para-hydroxylation sites is 1. The van der Waals surface area contributed by atoms with Gasteiger partial charge in [-0.05, 0) is 83.8 Å². The molecule has 0 bridgehead atoms. The first kappa shape index (κ1) is 31.1. The van der Waals surface area contributed by atoms with E-state index < -0.39 is 11.8 Å². The quantitative estimate of drug-likeness (QED) is 0.123. The van der Waals surface area contributed by atoms with Crippen LogP contribution in [-0.4, -0.2) is 26.5 Å². The number of carbonyl (C=O) groups is 2. The summed E-state index contributed by atoms with van der Waals surface area (Å²) in [4.78, 5) is 28.5.